The van der Waals surface area contributed by atoms with Gasteiger partial charge >= 0.3 is 0 Å². The van der Waals surface area contributed by atoms with Gasteiger partial charge in [0.2, 0.25) is 0 Å². The molecule has 1 aliphatic carbocycles. The summed E-state index contributed by atoms with van der Waals surface area (Å²) in [6, 6.07) is 8.46. The third-order valence-corrected chi connectivity index (χ3v) is 4.67. The van der Waals surface area contributed by atoms with Crippen molar-refractivity contribution in [1.82, 2.24) is 0 Å². The lowest BCUT2D eigenvalue weighted by Crippen LogP contribution is -1.99. The predicted molar refractivity (Wildman–Crippen MR) is 79.3 cm³/mol. The highest BCUT2D eigenvalue weighted by Gasteiger charge is 2.19. The summed E-state index contributed by atoms with van der Waals surface area (Å²) in [6.45, 7) is 0. The van der Waals surface area contributed by atoms with Crippen molar-refractivity contribution in [2.45, 2.75) is 25.7 Å². The van der Waals surface area contributed by atoms with Gasteiger partial charge in [-0.15, -0.1) is 11.3 Å². The zero-order valence-electron chi connectivity index (χ0n) is 10.9. The number of rotatable bonds is 2. The molecule has 2 nitrogen and oxygen atoms in total. The van der Waals surface area contributed by atoms with Crippen LogP contribution in [0.3, 0.4) is 0 Å². The second kappa shape index (κ2) is 5.56. The zero-order chi connectivity index (χ0) is 13.9. The van der Waals surface area contributed by atoms with Crippen molar-refractivity contribution in [2.75, 3.05) is 0 Å². The zero-order valence-corrected chi connectivity index (χ0v) is 11.7. The number of nitriles is 1. The van der Waals surface area contributed by atoms with Gasteiger partial charge in [-0.1, -0.05) is 12.1 Å². The van der Waals surface area contributed by atoms with E-state index in [4.69, 9.17) is 0 Å². The fourth-order valence-corrected chi connectivity index (χ4v) is 3.62. The first kappa shape index (κ1) is 13.0. The monoisotopic (exact) mass is 284 g/mol. The molecule has 20 heavy (non-hydrogen) atoms. The molecule has 0 saturated carbocycles. The van der Waals surface area contributed by atoms with Crippen molar-refractivity contribution in [2.24, 2.45) is 4.99 Å². The van der Waals surface area contributed by atoms with Gasteiger partial charge in [-0.25, -0.2) is 9.38 Å². The highest BCUT2D eigenvalue weighted by atomic mass is 32.1. The van der Waals surface area contributed by atoms with E-state index in [0.29, 0.717) is 0 Å². The van der Waals surface area contributed by atoms with Crippen LogP contribution < -0.4 is 0 Å². The van der Waals surface area contributed by atoms with Crippen LogP contribution in [0.5, 0.6) is 0 Å². The average Bonchev–Trinajstić information content (AvgIpc) is 2.84. The van der Waals surface area contributed by atoms with E-state index in [1.54, 1.807) is 29.7 Å². The molecule has 2 aromatic rings. The van der Waals surface area contributed by atoms with E-state index in [-0.39, 0.29) is 5.82 Å². The number of aryl methyl sites for hydroxylation is 1. The van der Waals surface area contributed by atoms with Gasteiger partial charge in [0.1, 0.15) is 16.9 Å². The van der Waals surface area contributed by atoms with E-state index in [0.717, 1.165) is 35.4 Å². The van der Waals surface area contributed by atoms with E-state index < -0.39 is 0 Å². The number of hydrogen-bond acceptors (Lipinski definition) is 3. The Balaban J connectivity index is 1.93. The van der Waals surface area contributed by atoms with Gasteiger partial charge < -0.3 is 0 Å². The molecule has 0 spiro atoms. The summed E-state index contributed by atoms with van der Waals surface area (Å²) in [5.41, 5.74) is 2.75. The van der Waals surface area contributed by atoms with Gasteiger partial charge in [-0.05, 0) is 48.9 Å². The van der Waals surface area contributed by atoms with Gasteiger partial charge in [0, 0.05) is 11.1 Å². The number of benzene rings is 1. The van der Waals surface area contributed by atoms with Crippen LogP contribution in [-0.2, 0) is 12.8 Å². The molecule has 1 heterocycles. The molecule has 0 atom stereocenters. The van der Waals surface area contributed by atoms with E-state index in [9.17, 15) is 9.65 Å². The van der Waals surface area contributed by atoms with Crippen LogP contribution in [0.15, 0.2) is 29.3 Å². The lowest BCUT2D eigenvalue weighted by atomic mass is 9.96. The molecule has 0 aliphatic heterocycles. The Hall–Kier alpha value is -1.99. The number of aliphatic imine (C=N–C) groups is 1. The maximum absolute atomic E-state index is 12.8. The highest BCUT2D eigenvalue weighted by molar-refractivity contribution is 7.16. The molecule has 0 unspecified atom stereocenters. The Morgan fingerprint density at radius 3 is 2.70 bits per heavy atom. The number of fused-ring (bicyclic) bond motifs is 1. The summed E-state index contributed by atoms with van der Waals surface area (Å²) in [4.78, 5) is 5.74. The second-order valence-electron chi connectivity index (χ2n) is 4.81. The minimum absolute atomic E-state index is 0.258. The third-order valence-electron chi connectivity index (χ3n) is 3.47. The third kappa shape index (κ3) is 2.50. The fourth-order valence-electron chi connectivity index (χ4n) is 2.44. The molecule has 0 fully saturated rings. The molecular weight excluding hydrogens is 271 g/mol. The Morgan fingerprint density at radius 1 is 1.20 bits per heavy atom. The number of nitrogens with zero attached hydrogens (tertiary/aromatic N) is 2. The molecule has 1 aliphatic rings. The summed E-state index contributed by atoms with van der Waals surface area (Å²) in [7, 11) is 0. The maximum Gasteiger partial charge on any atom is 0.134 e. The Kier molecular flexibility index (Phi) is 3.62. The second-order valence-corrected chi connectivity index (χ2v) is 5.90. The first-order chi connectivity index (χ1) is 9.78. The lowest BCUT2D eigenvalue weighted by molar-refractivity contribution is 0.628. The number of hydrogen-bond donors (Lipinski definition) is 0. The quantitative estimate of drug-likeness (QED) is 0.753. The summed E-state index contributed by atoms with van der Waals surface area (Å²) in [5, 5.41) is 10.1. The van der Waals surface area contributed by atoms with Crippen molar-refractivity contribution < 1.29 is 4.39 Å². The van der Waals surface area contributed by atoms with Crippen LogP contribution in [0, 0.1) is 17.1 Å². The van der Waals surface area contributed by atoms with Gasteiger partial charge in [0.05, 0.1) is 5.56 Å². The lowest BCUT2D eigenvalue weighted by Gasteiger charge is -2.09. The Labute approximate surface area is 121 Å². The maximum atomic E-state index is 12.8. The van der Waals surface area contributed by atoms with Gasteiger partial charge in [0.25, 0.3) is 0 Å². The standard InChI is InChI=1S/C16H13FN2S/c17-12-7-5-11(6-8-12)10-19-16-14(9-18)13-3-1-2-4-15(13)20-16/h5-8,10H,1-4H2/b19-10+. The largest absolute Gasteiger partial charge is 0.244 e. The van der Waals surface area contributed by atoms with E-state index in [1.165, 1.54) is 29.0 Å². The van der Waals surface area contributed by atoms with Crippen LogP contribution in [0.25, 0.3) is 0 Å². The summed E-state index contributed by atoms with van der Waals surface area (Å²) in [5.74, 6) is -0.258. The first-order valence-electron chi connectivity index (χ1n) is 6.62. The summed E-state index contributed by atoms with van der Waals surface area (Å²) in [6.07, 6.45) is 6.08. The minimum Gasteiger partial charge on any atom is -0.244 e. The van der Waals surface area contributed by atoms with E-state index in [1.807, 2.05) is 0 Å². The molecule has 1 aromatic heterocycles. The molecule has 4 heteroatoms. The number of thiophene rings is 1. The molecule has 0 radical (unpaired) electrons. The summed E-state index contributed by atoms with van der Waals surface area (Å²) >= 11 is 1.61. The van der Waals surface area contributed by atoms with Crippen molar-refractivity contribution in [1.29, 1.82) is 5.26 Å². The van der Waals surface area contributed by atoms with Crippen LogP contribution in [0.2, 0.25) is 0 Å². The molecule has 0 bridgehead atoms. The van der Waals surface area contributed by atoms with Crippen molar-refractivity contribution in [3.63, 3.8) is 0 Å². The molecule has 0 saturated heterocycles. The van der Waals surface area contributed by atoms with E-state index >= 15 is 0 Å². The Morgan fingerprint density at radius 2 is 1.95 bits per heavy atom. The van der Waals surface area contributed by atoms with Crippen molar-refractivity contribution >= 4 is 22.6 Å². The SMILES string of the molecule is N#Cc1c(/N=C/c2ccc(F)cc2)sc2c1CCCC2. The highest BCUT2D eigenvalue weighted by Crippen LogP contribution is 2.39. The minimum atomic E-state index is -0.258. The molecule has 3 rings (SSSR count). The Bertz CT molecular complexity index is 693. The van der Waals surface area contributed by atoms with Gasteiger partial charge in [-0.2, -0.15) is 5.26 Å². The van der Waals surface area contributed by atoms with Gasteiger partial charge in [-0.3, -0.25) is 0 Å². The molecule has 0 amide bonds. The number of halogens is 1. The molecular formula is C16H13FN2S. The van der Waals surface area contributed by atoms with Crippen LogP contribution in [0.4, 0.5) is 9.39 Å². The normalized spacial score (nSPS) is 14.2. The summed E-state index contributed by atoms with van der Waals surface area (Å²) < 4.78 is 12.8. The van der Waals surface area contributed by atoms with Crippen LogP contribution >= 0.6 is 11.3 Å². The average molecular weight is 284 g/mol. The van der Waals surface area contributed by atoms with E-state index in [2.05, 4.69) is 11.1 Å². The topological polar surface area (TPSA) is 36.1 Å². The van der Waals surface area contributed by atoms with Crippen molar-refractivity contribution in [3.05, 3.63) is 51.7 Å². The molecule has 100 valence electrons. The fraction of sp³-hybridized carbons (Fsp3) is 0.250. The predicted octanol–water partition coefficient (Wildman–Crippen LogP) is 4.39. The molecule has 1 aromatic carbocycles. The van der Waals surface area contributed by atoms with Crippen molar-refractivity contribution in [3.8, 4) is 6.07 Å². The van der Waals surface area contributed by atoms with Crippen LogP contribution in [0.1, 0.15) is 34.4 Å². The first-order valence-corrected chi connectivity index (χ1v) is 7.44. The smallest absolute Gasteiger partial charge is 0.134 e. The van der Waals surface area contributed by atoms with Crippen LogP contribution in [-0.4, -0.2) is 6.21 Å². The van der Waals surface area contributed by atoms with Gasteiger partial charge in [0.15, 0.2) is 0 Å². The molecule has 0 N–H and O–H groups in total.